The zero-order valence-corrected chi connectivity index (χ0v) is 10.8. The van der Waals surface area contributed by atoms with Gasteiger partial charge >= 0.3 is 5.97 Å². The predicted molar refractivity (Wildman–Crippen MR) is 70.0 cm³/mol. The molecule has 0 fully saturated rings. The Morgan fingerprint density at radius 2 is 1.72 bits per heavy atom. The van der Waals surface area contributed by atoms with Crippen molar-refractivity contribution in [2.24, 2.45) is 0 Å². The van der Waals surface area contributed by atoms with Crippen LogP contribution in [0.2, 0.25) is 0 Å². The summed E-state index contributed by atoms with van der Waals surface area (Å²) in [6.45, 7) is 5.30. The Labute approximate surface area is 107 Å². The monoisotopic (exact) mass is 250 g/mol. The summed E-state index contributed by atoms with van der Waals surface area (Å²) in [6.07, 6.45) is 3.19. The van der Waals surface area contributed by atoms with E-state index in [4.69, 9.17) is 14.6 Å². The Hall–Kier alpha value is -2.10. The fourth-order valence-corrected chi connectivity index (χ4v) is 1.06. The maximum absolute atomic E-state index is 11.3. The Kier molecular flexibility index (Phi) is 7.12. The van der Waals surface area contributed by atoms with Crippen molar-refractivity contribution in [1.29, 1.82) is 0 Å². The molecule has 0 atom stereocenters. The molecule has 1 N–H and O–H groups in total. The van der Waals surface area contributed by atoms with Gasteiger partial charge < -0.3 is 9.84 Å². The van der Waals surface area contributed by atoms with Crippen LogP contribution in [-0.2, 0) is 14.3 Å². The Morgan fingerprint density at radius 3 is 2.17 bits per heavy atom. The van der Waals surface area contributed by atoms with Crippen molar-refractivity contribution in [3.05, 3.63) is 42.0 Å². The highest BCUT2D eigenvalue weighted by Crippen LogP contribution is 2.08. The third kappa shape index (κ3) is 9.15. The molecule has 0 bridgehead atoms. The molecule has 0 saturated heterocycles. The number of hydrogen-bond acceptors (Lipinski definition) is 3. The van der Waals surface area contributed by atoms with E-state index in [9.17, 15) is 4.79 Å². The van der Waals surface area contributed by atoms with Crippen molar-refractivity contribution >= 4 is 18.5 Å². The van der Waals surface area contributed by atoms with Gasteiger partial charge in [0.2, 0.25) is 0 Å². The standard InChI is InChI=1S/C13H16O2.CH2O2/c1-13(2,3)15-12(14)10-9-11-7-5-4-6-8-11;2-1-3/h4-10H,1-3H3;1H,(H,2,3). The van der Waals surface area contributed by atoms with Gasteiger partial charge in [0.15, 0.2) is 0 Å². The van der Waals surface area contributed by atoms with Gasteiger partial charge in [0.1, 0.15) is 5.60 Å². The first-order chi connectivity index (χ1) is 8.39. The van der Waals surface area contributed by atoms with Gasteiger partial charge in [-0.15, -0.1) is 0 Å². The lowest BCUT2D eigenvalue weighted by molar-refractivity contribution is -0.148. The van der Waals surface area contributed by atoms with Gasteiger partial charge in [-0.3, -0.25) is 4.79 Å². The fraction of sp³-hybridized carbons (Fsp3) is 0.286. The molecule has 0 unspecified atom stereocenters. The number of esters is 1. The molecular formula is C14H18O4. The summed E-state index contributed by atoms with van der Waals surface area (Å²) in [5.41, 5.74) is 0.557. The third-order valence-electron chi connectivity index (χ3n) is 1.62. The van der Waals surface area contributed by atoms with E-state index in [1.165, 1.54) is 6.08 Å². The van der Waals surface area contributed by atoms with Crippen LogP contribution >= 0.6 is 0 Å². The molecule has 1 aromatic rings. The second-order valence-electron chi connectivity index (χ2n) is 4.38. The molecule has 4 nitrogen and oxygen atoms in total. The van der Waals surface area contributed by atoms with E-state index in [2.05, 4.69) is 0 Å². The summed E-state index contributed by atoms with van der Waals surface area (Å²) >= 11 is 0. The topological polar surface area (TPSA) is 63.6 Å². The first-order valence-corrected chi connectivity index (χ1v) is 5.43. The molecule has 4 heteroatoms. The minimum absolute atomic E-state index is 0.250. The third-order valence-corrected chi connectivity index (χ3v) is 1.62. The lowest BCUT2D eigenvalue weighted by atomic mass is 10.2. The second-order valence-corrected chi connectivity index (χ2v) is 4.38. The molecule has 0 saturated carbocycles. The molecule has 98 valence electrons. The van der Waals surface area contributed by atoms with Crippen LogP contribution in [0, 0.1) is 0 Å². The van der Waals surface area contributed by atoms with Crippen LogP contribution in [0.1, 0.15) is 26.3 Å². The van der Waals surface area contributed by atoms with Gasteiger partial charge in [0.25, 0.3) is 6.47 Å². The number of carboxylic acid groups (broad SMARTS) is 1. The minimum atomic E-state index is -0.432. The Morgan fingerprint density at radius 1 is 1.22 bits per heavy atom. The summed E-state index contributed by atoms with van der Waals surface area (Å²) < 4.78 is 5.13. The average Bonchev–Trinajstić information content (AvgIpc) is 2.27. The van der Waals surface area contributed by atoms with E-state index in [0.29, 0.717) is 0 Å². The van der Waals surface area contributed by atoms with Crippen LogP contribution in [0.4, 0.5) is 0 Å². The van der Waals surface area contributed by atoms with Crippen molar-refractivity contribution in [2.75, 3.05) is 0 Å². The van der Waals surface area contributed by atoms with Crippen LogP contribution in [0.25, 0.3) is 6.08 Å². The number of hydrogen-bond donors (Lipinski definition) is 1. The summed E-state index contributed by atoms with van der Waals surface area (Å²) in [5.74, 6) is -0.314. The predicted octanol–water partition coefficient (Wildman–Crippen LogP) is 2.74. The molecule has 0 amide bonds. The lowest BCUT2D eigenvalue weighted by Crippen LogP contribution is -2.22. The van der Waals surface area contributed by atoms with Gasteiger partial charge in [-0.1, -0.05) is 30.3 Å². The molecule has 0 radical (unpaired) electrons. The number of carbonyl (C=O) groups is 2. The number of benzene rings is 1. The highest BCUT2D eigenvalue weighted by atomic mass is 16.6. The molecule has 0 heterocycles. The zero-order chi connectivity index (χ0) is 14.0. The van der Waals surface area contributed by atoms with E-state index in [1.54, 1.807) is 6.08 Å². The minimum Gasteiger partial charge on any atom is -0.483 e. The quantitative estimate of drug-likeness (QED) is 0.498. The zero-order valence-electron chi connectivity index (χ0n) is 10.8. The largest absolute Gasteiger partial charge is 0.483 e. The van der Waals surface area contributed by atoms with Gasteiger partial charge in [-0.2, -0.15) is 0 Å². The van der Waals surface area contributed by atoms with Crippen molar-refractivity contribution in [2.45, 2.75) is 26.4 Å². The molecule has 0 aromatic heterocycles. The molecular weight excluding hydrogens is 232 g/mol. The maximum atomic E-state index is 11.3. The van der Waals surface area contributed by atoms with E-state index in [0.717, 1.165) is 5.56 Å². The summed E-state index contributed by atoms with van der Waals surface area (Å²) in [7, 11) is 0. The summed E-state index contributed by atoms with van der Waals surface area (Å²) in [4.78, 5) is 19.7. The van der Waals surface area contributed by atoms with Gasteiger partial charge in [-0.25, -0.2) is 4.79 Å². The molecule has 1 rings (SSSR count). The van der Waals surface area contributed by atoms with Gasteiger partial charge in [0.05, 0.1) is 0 Å². The molecule has 1 aromatic carbocycles. The van der Waals surface area contributed by atoms with Crippen LogP contribution < -0.4 is 0 Å². The van der Waals surface area contributed by atoms with Crippen molar-refractivity contribution in [3.63, 3.8) is 0 Å². The van der Waals surface area contributed by atoms with Crippen molar-refractivity contribution in [3.8, 4) is 0 Å². The SMILES string of the molecule is CC(C)(C)OC(=O)C=Cc1ccccc1.O=CO. The van der Waals surface area contributed by atoms with Crippen molar-refractivity contribution < 1.29 is 19.4 Å². The highest BCUT2D eigenvalue weighted by molar-refractivity contribution is 5.87. The second kappa shape index (κ2) is 8.06. The van der Waals surface area contributed by atoms with Gasteiger partial charge in [-0.05, 0) is 32.4 Å². The van der Waals surface area contributed by atoms with E-state index < -0.39 is 5.60 Å². The normalized spacial score (nSPS) is 10.4. The number of ether oxygens (including phenoxy) is 1. The van der Waals surface area contributed by atoms with Crippen LogP contribution in [-0.4, -0.2) is 23.1 Å². The van der Waals surface area contributed by atoms with Crippen LogP contribution in [0.15, 0.2) is 36.4 Å². The first kappa shape index (κ1) is 15.9. The van der Waals surface area contributed by atoms with E-state index in [1.807, 2.05) is 51.1 Å². The Bertz CT molecular complexity index is 388. The van der Waals surface area contributed by atoms with Crippen LogP contribution in [0.5, 0.6) is 0 Å². The molecule has 18 heavy (non-hydrogen) atoms. The average molecular weight is 250 g/mol. The maximum Gasteiger partial charge on any atom is 0.331 e. The van der Waals surface area contributed by atoms with E-state index in [-0.39, 0.29) is 12.4 Å². The lowest BCUT2D eigenvalue weighted by Gasteiger charge is -2.17. The molecule has 0 aliphatic rings. The summed E-state index contributed by atoms with van der Waals surface area (Å²) in [5, 5.41) is 6.89. The summed E-state index contributed by atoms with van der Waals surface area (Å²) in [6, 6.07) is 9.65. The van der Waals surface area contributed by atoms with Crippen molar-refractivity contribution in [1.82, 2.24) is 0 Å². The number of rotatable bonds is 2. The smallest absolute Gasteiger partial charge is 0.331 e. The molecule has 0 aliphatic carbocycles. The van der Waals surface area contributed by atoms with Gasteiger partial charge in [0, 0.05) is 6.08 Å². The Balaban J connectivity index is 0.000000873. The first-order valence-electron chi connectivity index (χ1n) is 5.43. The van der Waals surface area contributed by atoms with E-state index >= 15 is 0 Å². The highest BCUT2D eigenvalue weighted by Gasteiger charge is 2.13. The molecule has 0 aliphatic heterocycles. The fourth-order valence-electron chi connectivity index (χ4n) is 1.06. The van der Waals surface area contributed by atoms with Crippen LogP contribution in [0.3, 0.4) is 0 Å². The number of carbonyl (C=O) groups excluding carboxylic acids is 1. The molecule has 0 spiro atoms.